The second-order valence-electron chi connectivity index (χ2n) is 1.99. The van der Waals surface area contributed by atoms with Crippen molar-refractivity contribution < 1.29 is 17.9 Å². The van der Waals surface area contributed by atoms with Gasteiger partial charge in [0, 0.05) is 12.4 Å². The van der Waals surface area contributed by atoms with E-state index in [2.05, 4.69) is 30.6 Å². The molecule has 0 spiro atoms. The Morgan fingerprint density at radius 3 is 2.23 bits per heavy atom. The van der Waals surface area contributed by atoms with Gasteiger partial charge in [-0.1, -0.05) is 0 Å². The van der Waals surface area contributed by atoms with Crippen molar-refractivity contribution in [3.8, 4) is 6.01 Å². The van der Waals surface area contributed by atoms with Crippen LogP contribution in [0.5, 0.6) is 6.01 Å². The molecule has 0 aromatic carbocycles. The fraction of sp³-hybridized carbons (Fsp3) is 0.333. The average molecular weight is 257 g/mol. The summed E-state index contributed by atoms with van der Waals surface area (Å²) in [6, 6.07) is -0.420. The second kappa shape index (κ2) is 4.40. The number of hydrogen-bond acceptors (Lipinski definition) is 3. The Morgan fingerprint density at radius 2 is 1.77 bits per heavy atom. The second-order valence-corrected chi connectivity index (χ2v) is 2.90. The molecule has 0 saturated carbocycles. The standard InChI is InChI=1S/C6H4BrF3N2O/c7-3-1-11-6(12-2-3)13-5(10)4(8)9/h1-2,4-5H. The molecule has 1 aromatic heterocycles. The number of nitrogens with zero attached hydrogens (tertiary/aromatic N) is 2. The van der Waals surface area contributed by atoms with Gasteiger partial charge in [0.15, 0.2) is 0 Å². The van der Waals surface area contributed by atoms with E-state index in [1.54, 1.807) is 0 Å². The minimum Gasteiger partial charge on any atom is -0.422 e. The van der Waals surface area contributed by atoms with Crippen LogP contribution in [-0.2, 0) is 0 Å². The van der Waals surface area contributed by atoms with Crippen molar-refractivity contribution in [2.24, 2.45) is 0 Å². The maximum absolute atomic E-state index is 12.2. The summed E-state index contributed by atoms with van der Waals surface area (Å²) < 4.78 is 40.1. The Morgan fingerprint density at radius 1 is 1.23 bits per heavy atom. The van der Waals surface area contributed by atoms with Crippen LogP contribution in [0.15, 0.2) is 16.9 Å². The third-order valence-corrected chi connectivity index (χ3v) is 1.42. The summed E-state index contributed by atoms with van der Waals surface area (Å²) in [5.41, 5.74) is 0. The average Bonchev–Trinajstić information content (AvgIpc) is 2.08. The first kappa shape index (κ1) is 10.2. The number of rotatable bonds is 3. The summed E-state index contributed by atoms with van der Waals surface area (Å²) in [5.74, 6) is 0. The zero-order valence-electron chi connectivity index (χ0n) is 6.12. The van der Waals surface area contributed by atoms with Crippen LogP contribution in [0.3, 0.4) is 0 Å². The van der Waals surface area contributed by atoms with Gasteiger partial charge >= 0.3 is 18.8 Å². The van der Waals surface area contributed by atoms with Gasteiger partial charge in [-0.15, -0.1) is 0 Å². The lowest BCUT2D eigenvalue weighted by molar-refractivity contribution is -0.0713. The first-order chi connectivity index (χ1) is 6.09. The minimum absolute atomic E-state index is 0.420. The molecule has 1 heterocycles. The molecule has 0 amide bonds. The van der Waals surface area contributed by atoms with Crippen molar-refractivity contribution in [3.05, 3.63) is 16.9 Å². The Hall–Kier alpha value is -0.850. The van der Waals surface area contributed by atoms with E-state index in [1.807, 2.05) is 0 Å². The molecular formula is C6H4BrF3N2O. The van der Waals surface area contributed by atoms with Crippen molar-refractivity contribution in [1.82, 2.24) is 9.97 Å². The first-order valence-electron chi connectivity index (χ1n) is 3.16. The van der Waals surface area contributed by atoms with Gasteiger partial charge in [-0.25, -0.2) is 18.7 Å². The predicted octanol–water partition coefficient (Wildman–Crippen LogP) is 2.18. The van der Waals surface area contributed by atoms with Crippen molar-refractivity contribution in [3.63, 3.8) is 0 Å². The highest BCUT2D eigenvalue weighted by atomic mass is 79.9. The van der Waals surface area contributed by atoms with Crippen LogP contribution in [0.25, 0.3) is 0 Å². The fourth-order valence-corrected chi connectivity index (χ4v) is 0.718. The lowest BCUT2D eigenvalue weighted by atomic mass is 10.7. The molecule has 0 aliphatic rings. The van der Waals surface area contributed by atoms with Crippen LogP contribution < -0.4 is 4.74 Å². The summed E-state index contributed by atoms with van der Waals surface area (Å²) >= 11 is 3.02. The molecule has 72 valence electrons. The van der Waals surface area contributed by atoms with Crippen LogP contribution >= 0.6 is 15.9 Å². The zero-order valence-corrected chi connectivity index (χ0v) is 7.71. The molecule has 1 rings (SSSR count). The molecule has 0 N–H and O–H groups in total. The van der Waals surface area contributed by atoms with Crippen LogP contribution in [0.4, 0.5) is 13.2 Å². The van der Waals surface area contributed by atoms with Crippen molar-refractivity contribution in [1.29, 1.82) is 0 Å². The molecule has 0 fully saturated rings. The van der Waals surface area contributed by atoms with Crippen molar-refractivity contribution in [2.45, 2.75) is 12.8 Å². The van der Waals surface area contributed by atoms with Crippen molar-refractivity contribution >= 4 is 15.9 Å². The number of hydrogen-bond donors (Lipinski definition) is 0. The zero-order chi connectivity index (χ0) is 9.84. The number of aromatic nitrogens is 2. The smallest absolute Gasteiger partial charge is 0.319 e. The number of ether oxygens (including phenoxy) is 1. The monoisotopic (exact) mass is 256 g/mol. The van der Waals surface area contributed by atoms with E-state index in [0.717, 1.165) is 0 Å². The van der Waals surface area contributed by atoms with Gasteiger partial charge in [-0.05, 0) is 15.9 Å². The van der Waals surface area contributed by atoms with E-state index in [0.29, 0.717) is 4.47 Å². The normalized spacial score (nSPS) is 13.0. The highest BCUT2D eigenvalue weighted by Gasteiger charge is 2.21. The van der Waals surface area contributed by atoms with E-state index in [1.165, 1.54) is 12.4 Å². The molecule has 7 heteroatoms. The van der Waals surface area contributed by atoms with Crippen LogP contribution in [0, 0.1) is 0 Å². The minimum atomic E-state index is -3.20. The van der Waals surface area contributed by atoms with E-state index < -0.39 is 18.8 Å². The molecule has 13 heavy (non-hydrogen) atoms. The van der Waals surface area contributed by atoms with E-state index in [-0.39, 0.29) is 0 Å². The molecule has 0 radical (unpaired) electrons. The maximum Gasteiger partial charge on any atom is 0.319 e. The van der Waals surface area contributed by atoms with Gasteiger partial charge < -0.3 is 4.74 Å². The van der Waals surface area contributed by atoms with Gasteiger partial charge in [-0.3, -0.25) is 0 Å². The quantitative estimate of drug-likeness (QED) is 0.832. The molecular weight excluding hydrogens is 253 g/mol. The fourth-order valence-electron chi connectivity index (χ4n) is 0.513. The van der Waals surface area contributed by atoms with Gasteiger partial charge in [0.1, 0.15) is 0 Å². The summed E-state index contributed by atoms with van der Waals surface area (Å²) in [4.78, 5) is 6.89. The summed E-state index contributed by atoms with van der Waals surface area (Å²) in [7, 11) is 0. The maximum atomic E-state index is 12.2. The van der Waals surface area contributed by atoms with E-state index in [4.69, 9.17) is 0 Å². The largest absolute Gasteiger partial charge is 0.422 e. The van der Waals surface area contributed by atoms with Gasteiger partial charge in [-0.2, -0.15) is 4.39 Å². The van der Waals surface area contributed by atoms with Crippen LogP contribution in [0.2, 0.25) is 0 Å². The van der Waals surface area contributed by atoms with Gasteiger partial charge in [0.05, 0.1) is 4.47 Å². The topological polar surface area (TPSA) is 35.0 Å². The molecule has 0 saturated heterocycles. The summed E-state index contributed by atoms with van der Waals surface area (Å²) in [6.07, 6.45) is -3.37. The first-order valence-corrected chi connectivity index (χ1v) is 3.95. The predicted molar refractivity (Wildman–Crippen MR) is 41.3 cm³/mol. The lowest BCUT2D eigenvalue weighted by Gasteiger charge is -2.07. The van der Waals surface area contributed by atoms with E-state index >= 15 is 0 Å². The highest BCUT2D eigenvalue weighted by Crippen LogP contribution is 2.13. The SMILES string of the molecule is FC(F)C(F)Oc1ncc(Br)cn1. The Labute approximate surface area is 80.1 Å². The van der Waals surface area contributed by atoms with Gasteiger partial charge in [0.2, 0.25) is 0 Å². The third kappa shape index (κ3) is 3.17. The Kier molecular flexibility index (Phi) is 3.47. The lowest BCUT2D eigenvalue weighted by Crippen LogP contribution is -2.20. The van der Waals surface area contributed by atoms with E-state index in [9.17, 15) is 13.2 Å². The Bertz CT molecular complexity index is 269. The molecule has 1 unspecified atom stereocenters. The molecule has 1 aromatic rings. The van der Waals surface area contributed by atoms with Crippen LogP contribution in [0.1, 0.15) is 0 Å². The molecule has 3 nitrogen and oxygen atoms in total. The molecule has 0 aliphatic carbocycles. The molecule has 0 bridgehead atoms. The van der Waals surface area contributed by atoms with Crippen molar-refractivity contribution in [2.75, 3.05) is 0 Å². The molecule has 1 atom stereocenters. The highest BCUT2D eigenvalue weighted by molar-refractivity contribution is 9.10. The molecule has 0 aliphatic heterocycles. The Balaban J connectivity index is 2.59. The number of halogens is 4. The van der Waals surface area contributed by atoms with Crippen LogP contribution in [-0.4, -0.2) is 22.8 Å². The third-order valence-electron chi connectivity index (χ3n) is 1.01. The summed E-state index contributed by atoms with van der Waals surface area (Å²) in [5, 5.41) is 0. The number of alkyl halides is 3. The van der Waals surface area contributed by atoms with Gasteiger partial charge in [0.25, 0.3) is 0 Å². The summed E-state index contributed by atoms with van der Waals surface area (Å²) in [6.45, 7) is 0.